The number of rotatable bonds is 9. The summed E-state index contributed by atoms with van der Waals surface area (Å²) in [7, 11) is 0. The summed E-state index contributed by atoms with van der Waals surface area (Å²) in [5.41, 5.74) is 3.45. The van der Waals surface area contributed by atoms with Crippen molar-refractivity contribution >= 4 is 0 Å². The fourth-order valence-electron chi connectivity index (χ4n) is 2.87. The van der Waals surface area contributed by atoms with Gasteiger partial charge in [0.15, 0.2) is 0 Å². The highest BCUT2D eigenvalue weighted by Gasteiger charge is 2.04. The molecule has 0 aliphatic rings. The van der Waals surface area contributed by atoms with E-state index in [0.717, 1.165) is 66.8 Å². The molecule has 2 rings (SSSR count). The van der Waals surface area contributed by atoms with E-state index in [2.05, 4.69) is 52.6 Å². The topological polar surface area (TPSA) is 64.5 Å². The first-order valence-electron chi connectivity index (χ1n) is 10.9. The van der Waals surface area contributed by atoms with Crippen LogP contribution in [0.4, 0.5) is 0 Å². The minimum Gasteiger partial charge on any atom is -0.238 e. The van der Waals surface area contributed by atoms with Gasteiger partial charge in [0.2, 0.25) is 0 Å². The summed E-state index contributed by atoms with van der Waals surface area (Å²) >= 11 is 0. The Hall–Kier alpha value is -1.91. The monoisotopic (exact) mass is 385 g/mol. The SMILES string of the molecule is CCCCCc1nc(C)nc(CCCC)n1.CCCc1nc(C)c(C)c(C)n1. The Labute approximate surface area is 171 Å². The van der Waals surface area contributed by atoms with E-state index in [-0.39, 0.29) is 0 Å². The summed E-state index contributed by atoms with van der Waals surface area (Å²) in [6.07, 6.45) is 10.1. The van der Waals surface area contributed by atoms with Crippen LogP contribution in [0.25, 0.3) is 0 Å². The first kappa shape index (κ1) is 24.1. The molecule has 0 aromatic carbocycles. The molecule has 0 amide bonds. The third kappa shape index (κ3) is 8.85. The summed E-state index contributed by atoms with van der Waals surface area (Å²) in [5, 5.41) is 0. The van der Waals surface area contributed by atoms with E-state index in [1.165, 1.54) is 31.2 Å². The van der Waals surface area contributed by atoms with Crippen LogP contribution in [0.3, 0.4) is 0 Å². The van der Waals surface area contributed by atoms with E-state index in [1.54, 1.807) is 0 Å². The zero-order valence-electron chi connectivity index (χ0n) is 19.1. The highest BCUT2D eigenvalue weighted by atomic mass is 15.0. The summed E-state index contributed by atoms with van der Waals surface area (Å²) in [6, 6.07) is 0. The van der Waals surface area contributed by atoms with Crippen molar-refractivity contribution in [1.82, 2.24) is 24.9 Å². The molecule has 0 atom stereocenters. The number of aryl methyl sites for hydroxylation is 6. The van der Waals surface area contributed by atoms with E-state index in [4.69, 9.17) is 0 Å². The Morgan fingerprint density at radius 3 is 1.50 bits per heavy atom. The molecule has 5 heteroatoms. The zero-order valence-corrected chi connectivity index (χ0v) is 19.1. The second-order valence-electron chi connectivity index (χ2n) is 7.46. The van der Waals surface area contributed by atoms with Gasteiger partial charge in [-0.25, -0.2) is 24.9 Å². The van der Waals surface area contributed by atoms with Crippen LogP contribution in [0.15, 0.2) is 0 Å². The maximum Gasteiger partial charge on any atom is 0.132 e. The highest BCUT2D eigenvalue weighted by Crippen LogP contribution is 2.09. The van der Waals surface area contributed by atoms with Gasteiger partial charge >= 0.3 is 0 Å². The molecule has 2 heterocycles. The van der Waals surface area contributed by atoms with Crippen LogP contribution in [0.1, 0.15) is 99.5 Å². The minimum absolute atomic E-state index is 0.868. The molecule has 0 N–H and O–H groups in total. The average Bonchev–Trinajstić information content (AvgIpc) is 2.65. The minimum atomic E-state index is 0.868. The van der Waals surface area contributed by atoms with Crippen molar-refractivity contribution in [2.75, 3.05) is 0 Å². The van der Waals surface area contributed by atoms with Gasteiger partial charge in [-0.15, -0.1) is 0 Å². The maximum atomic E-state index is 4.52. The quantitative estimate of drug-likeness (QED) is 0.525. The highest BCUT2D eigenvalue weighted by molar-refractivity contribution is 5.22. The van der Waals surface area contributed by atoms with Gasteiger partial charge in [0.05, 0.1) is 0 Å². The maximum absolute atomic E-state index is 4.52. The van der Waals surface area contributed by atoms with Crippen molar-refractivity contribution in [3.8, 4) is 0 Å². The van der Waals surface area contributed by atoms with Gasteiger partial charge in [-0.2, -0.15) is 0 Å². The van der Waals surface area contributed by atoms with E-state index < -0.39 is 0 Å². The molecule has 2 aromatic rings. The van der Waals surface area contributed by atoms with E-state index in [9.17, 15) is 0 Å². The van der Waals surface area contributed by atoms with Gasteiger partial charge in [0.25, 0.3) is 0 Å². The van der Waals surface area contributed by atoms with Crippen molar-refractivity contribution in [1.29, 1.82) is 0 Å². The molecule has 0 bridgehead atoms. The fraction of sp³-hybridized carbons (Fsp3) is 0.696. The van der Waals surface area contributed by atoms with Crippen molar-refractivity contribution in [2.45, 2.75) is 106 Å². The molecule has 0 radical (unpaired) electrons. The number of aromatic nitrogens is 5. The third-order valence-electron chi connectivity index (χ3n) is 4.75. The molecule has 0 aliphatic heterocycles. The summed E-state index contributed by atoms with van der Waals surface area (Å²) in [4.78, 5) is 22.1. The molecular formula is C23H39N5. The van der Waals surface area contributed by atoms with Gasteiger partial charge in [-0.05, 0) is 52.5 Å². The lowest BCUT2D eigenvalue weighted by Gasteiger charge is -2.05. The van der Waals surface area contributed by atoms with Crippen LogP contribution < -0.4 is 0 Å². The molecule has 0 saturated carbocycles. The van der Waals surface area contributed by atoms with Crippen molar-refractivity contribution in [2.24, 2.45) is 0 Å². The van der Waals surface area contributed by atoms with Crippen molar-refractivity contribution in [3.63, 3.8) is 0 Å². The van der Waals surface area contributed by atoms with Gasteiger partial charge in [0.1, 0.15) is 23.3 Å². The Morgan fingerprint density at radius 1 is 0.500 bits per heavy atom. The predicted molar refractivity (Wildman–Crippen MR) is 117 cm³/mol. The Balaban J connectivity index is 0.000000292. The van der Waals surface area contributed by atoms with E-state index >= 15 is 0 Å². The summed E-state index contributed by atoms with van der Waals surface area (Å²) in [6.45, 7) is 14.7. The molecule has 5 nitrogen and oxygen atoms in total. The van der Waals surface area contributed by atoms with Gasteiger partial charge < -0.3 is 0 Å². The largest absolute Gasteiger partial charge is 0.238 e. The first-order valence-corrected chi connectivity index (χ1v) is 10.9. The second-order valence-corrected chi connectivity index (χ2v) is 7.46. The number of unbranched alkanes of at least 4 members (excludes halogenated alkanes) is 3. The third-order valence-corrected chi connectivity index (χ3v) is 4.75. The van der Waals surface area contributed by atoms with Crippen LogP contribution in [0.5, 0.6) is 0 Å². The second kappa shape index (κ2) is 13.3. The normalized spacial score (nSPS) is 10.5. The van der Waals surface area contributed by atoms with Crippen LogP contribution in [0.2, 0.25) is 0 Å². The van der Waals surface area contributed by atoms with Crippen LogP contribution in [0, 0.1) is 27.7 Å². The van der Waals surface area contributed by atoms with Crippen molar-refractivity contribution in [3.05, 3.63) is 40.2 Å². The Bertz CT molecular complexity index is 689. The van der Waals surface area contributed by atoms with Crippen LogP contribution >= 0.6 is 0 Å². The first-order chi connectivity index (χ1) is 13.4. The van der Waals surface area contributed by atoms with Gasteiger partial charge in [-0.3, -0.25) is 0 Å². The fourth-order valence-corrected chi connectivity index (χ4v) is 2.87. The van der Waals surface area contributed by atoms with Crippen LogP contribution in [-0.2, 0) is 19.3 Å². The van der Waals surface area contributed by atoms with Gasteiger partial charge in [0, 0.05) is 30.7 Å². The Morgan fingerprint density at radius 2 is 1.00 bits per heavy atom. The molecule has 0 unspecified atom stereocenters. The lowest BCUT2D eigenvalue weighted by Crippen LogP contribution is -2.05. The summed E-state index contributed by atoms with van der Waals surface area (Å²) in [5.74, 6) is 3.80. The number of nitrogens with zero attached hydrogens (tertiary/aromatic N) is 5. The van der Waals surface area contributed by atoms with Crippen LogP contribution in [-0.4, -0.2) is 24.9 Å². The Kier molecular flexibility index (Phi) is 11.5. The smallest absolute Gasteiger partial charge is 0.132 e. The molecule has 2 aromatic heterocycles. The molecule has 0 spiro atoms. The molecule has 0 saturated heterocycles. The predicted octanol–water partition coefficient (Wildman–Crippen LogP) is 5.61. The van der Waals surface area contributed by atoms with E-state index in [1.807, 2.05) is 20.8 Å². The lowest BCUT2D eigenvalue weighted by atomic mass is 10.2. The van der Waals surface area contributed by atoms with E-state index in [0.29, 0.717) is 0 Å². The molecule has 0 aliphatic carbocycles. The number of hydrogen-bond donors (Lipinski definition) is 0. The summed E-state index contributed by atoms with van der Waals surface area (Å²) < 4.78 is 0. The number of hydrogen-bond acceptors (Lipinski definition) is 5. The molecule has 0 fully saturated rings. The lowest BCUT2D eigenvalue weighted by molar-refractivity contribution is 0.665. The molecular weight excluding hydrogens is 346 g/mol. The molecule has 28 heavy (non-hydrogen) atoms. The standard InChI is InChI=1S/C13H23N3.C10H16N2/c1-4-6-8-10-13-15-11(3)14-12(16-13)9-7-5-2;1-5-6-10-11-8(3)7(2)9(4)12-10/h4-10H2,1-3H3;5-6H2,1-4H3. The average molecular weight is 386 g/mol. The van der Waals surface area contributed by atoms with Crippen molar-refractivity contribution < 1.29 is 0 Å². The molecule has 156 valence electrons. The van der Waals surface area contributed by atoms with Gasteiger partial charge in [-0.1, -0.05) is 40.0 Å². The zero-order chi connectivity index (χ0) is 20.9.